The van der Waals surface area contributed by atoms with Crippen molar-refractivity contribution in [3.05, 3.63) is 67.3 Å². The van der Waals surface area contributed by atoms with E-state index in [1.165, 1.54) is 62.1 Å². The molecule has 2 rings (SSSR count). The molecule has 34 heavy (non-hydrogen) atoms. The van der Waals surface area contributed by atoms with Crippen LogP contribution in [0.3, 0.4) is 0 Å². The SMILES string of the molecule is C=CCN(CC=C)S(=O)(=O)c1ccc(NC(=S)NC(=O)c2cc(OC)c(OC)c(OC)c2)cc1. The van der Waals surface area contributed by atoms with Crippen LogP contribution >= 0.6 is 12.2 Å². The van der Waals surface area contributed by atoms with Gasteiger partial charge >= 0.3 is 0 Å². The normalized spacial score (nSPS) is 10.8. The summed E-state index contributed by atoms with van der Waals surface area (Å²) in [6.07, 6.45) is 3.01. The highest BCUT2D eigenvalue weighted by atomic mass is 32.2. The van der Waals surface area contributed by atoms with Gasteiger partial charge in [0.15, 0.2) is 16.6 Å². The van der Waals surface area contributed by atoms with Crippen LogP contribution in [0.4, 0.5) is 5.69 Å². The van der Waals surface area contributed by atoms with Crippen LogP contribution in [0.25, 0.3) is 0 Å². The van der Waals surface area contributed by atoms with Gasteiger partial charge in [0.05, 0.1) is 26.2 Å². The molecule has 9 nitrogen and oxygen atoms in total. The summed E-state index contributed by atoms with van der Waals surface area (Å²) >= 11 is 5.22. The molecule has 0 atom stereocenters. The van der Waals surface area contributed by atoms with Crippen LogP contribution in [0, 0.1) is 0 Å². The molecule has 0 saturated carbocycles. The number of nitrogens with zero attached hydrogens (tertiary/aromatic N) is 1. The summed E-state index contributed by atoms with van der Waals surface area (Å²) in [6.45, 7) is 7.50. The van der Waals surface area contributed by atoms with Crippen LogP contribution in [0.1, 0.15) is 10.4 Å². The first-order chi connectivity index (χ1) is 16.2. The summed E-state index contributed by atoms with van der Waals surface area (Å²) in [5, 5.41) is 5.44. The predicted molar refractivity (Wildman–Crippen MR) is 135 cm³/mol. The molecule has 2 aromatic rings. The van der Waals surface area contributed by atoms with Crippen molar-refractivity contribution in [3.8, 4) is 17.2 Å². The van der Waals surface area contributed by atoms with E-state index in [0.717, 1.165) is 0 Å². The van der Waals surface area contributed by atoms with Crippen molar-refractivity contribution >= 4 is 38.9 Å². The average Bonchev–Trinajstić information content (AvgIpc) is 2.83. The molecule has 0 aromatic heterocycles. The van der Waals surface area contributed by atoms with Crippen molar-refractivity contribution < 1.29 is 27.4 Å². The summed E-state index contributed by atoms with van der Waals surface area (Å²) in [5.74, 6) is 0.506. The number of methoxy groups -OCH3 is 3. The van der Waals surface area contributed by atoms with Gasteiger partial charge in [-0.1, -0.05) is 12.2 Å². The maximum Gasteiger partial charge on any atom is 0.257 e. The Bertz CT molecular complexity index is 1130. The Kier molecular flexibility index (Phi) is 9.60. The highest BCUT2D eigenvalue weighted by molar-refractivity contribution is 7.89. The van der Waals surface area contributed by atoms with E-state index in [9.17, 15) is 13.2 Å². The molecular weight excluding hydrogens is 478 g/mol. The highest BCUT2D eigenvalue weighted by Gasteiger charge is 2.22. The minimum absolute atomic E-state index is 0.0225. The van der Waals surface area contributed by atoms with Gasteiger partial charge in [-0.25, -0.2) is 8.42 Å². The van der Waals surface area contributed by atoms with Gasteiger partial charge in [0.2, 0.25) is 15.8 Å². The van der Waals surface area contributed by atoms with Gasteiger partial charge in [0.1, 0.15) is 0 Å². The van der Waals surface area contributed by atoms with Crippen molar-refractivity contribution in [3.63, 3.8) is 0 Å². The van der Waals surface area contributed by atoms with E-state index in [2.05, 4.69) is 23.8 Å². The second kappa shape index (κ2) is 12.2. The van der Waals surface area contributed by atoms with E-state index in [1.54, 1.807) is 12.1 Å². The molecule has 0 unspecified atom stereocenters. The van der Waals surface area contributed by atoms with Crippen molar-refractivity contribution in [1.82, 2.24) is 9.62 Å². The first-order valence-corrected chi connectivity index (χ1v) is 11.8. The van der Waals surface area contributed by atoms with Gasteiger partial charge in [-0.05, 0) is 48.6 Å². The zero-order chi connectivity index (χ0) is 25.3. The van der Waals surface area contributed by atoms with Crippen LogP contribution in [-0.4, -0.2) is 58.2 Å². The Morgan fingerprint density at radius 2 is 1.53 bits per heavy atom. The lowest BCUT2D eigenvalue weighted by Gasteiger charge is -2.19. The lowest BCUT2D eigenvalue weighted by molar-refractivity contribution is 0.0977. The van der Waals surface area contributed by atoms with Crippen LogP contribution in [0.15, 0.2) is 66.6 Å². The number of ether oxygens (including phenoxy) is 3. The topological polar surface area (TPSA) is 106 Å². The molecule has 0 heterocycles. The minimum Gasteiger partial charge on any atom is -0.493 e. The maximum absolute atomic E-state index is 12.8. The van der Waals surface area contributed by atoms with E-state index in [0.29, 0.717) is 22.9 Å². The number of carbonyl (C=O) groups is 1. The highest BCUT2D eigenvalue weighted by Crippen LogP contribution is 2.38. The largest absolute Gasteiger partial charge is 0.493 e. The van der Waals surface area contributed by atoms with E-state index in [-0.39, 0.29) is 28.7 Å². The number of nitrogens with one attached hydrogen (secondary N) is 2. The van der Waals surface area contributed by atoms with Crippen LogP contribution < -0.4 is 24.8 Å². The molecule has 0 aliphatic heterocycles. The van der Waals surface area contributed by atoms with Crippen LogP contribution in [-0.2, 0) is 10.0 Å². The monoisotopic (exact) mass is 505 g/mol. The van der Waals surface area contributed by atoms with E-state index < -0.39 is 15.9 Å². The van der Waals surface area contributed by atoms with Crippen molar-refractivity contribution in [2.24, 2.45) is 0 Å². The van der Waals surface area contributed by atoms with Crippen molar-refractivity contribution in [2.75, 3.05) is 39.7 Å². The Balaban J connectivity index is 2.13. The molecule has 182 valence electrons. The minimum atomic E-state index is -3.72. The summed E-state index contributed by atoms with van der Waals surface area (Å²) in [7, 11) is 0.641. The second-order valence-electron chi connectivity index (χ2n) is 6.75. The molecule has 0 saturated heterocycles. The van der Waals surface area contributed by atoms with Crippen LogP contribution in [0.5, 0.6) is 17.2 Å². The third-order valence-corrected chi connectivity index (χ3v) is 6.62. The summed E-state index contributed by atoms with van der Waals surface area (Å²) in [4.78, 5) is 12.8. The molecule has 0 radical (unpaired) electrons. The fourth-order valence-corrected chi connectivity index (χ4v) is 4.56. The van der Waals surface area contributed by atoms with Gasteiger partial charge in [-0.3, -0.25) is 10.1 Å². The fraction of sp³-hybridized carbons (Fsp3) is 0.217. The lowest BCUT2D eigenvalue weighted by atomic mass is 10.1. The van der Waals surface area contributed by atoms with Gasteiger partial charge in [0.25, 0.3) is 5.91 Å². The van der Waals surface area contributed by atoms with E-state index in [1.807, 2.05) is 0 Å². The number of amides is 1. The average molecular weight is 506 g/mol. The molecular formula is C23H27N3O6S2. The second-order valence-corrected chi connectivity index (χ2v) is 9.09. The number of benzene rings is 2. The first kappa shape index (κ1) is 26.8. The summed E-state index contributed by atoms with van der Waals surface area (Å²) in [6, 6.07) is 8.98. The molecule has 0 bridgehead atoms. The van der Waals surface area contributed by atoms with Crippen molar-refractivity contribution in [1.29, 1.82) is 0 Å². The number of hydrogen-bond donors (Lipinski definition) is 2. The fourth-order valence-electron chi connectivity index (χ4n) is 2.97. The smallest absolute Gasteiger partial charge is 0.257 e. The van der Waals surface area contributed by atoms with E-state index >= 15 is 0 Å². The molecule has 0 aliphatic carbocycles. The molecule has 0 spiro atoms. The lowest BCUT2D eigenvalue weighted by Crippen LogP contribution is -2.34. The van der Waals surface area contributed by atoms with Crippen molar-refractivity contribution in [2.45, 2.75) is 4.90 Å². The van der Waals surface area contributed by atoms with Crippen LogP contribution in [0.2, 0.25) is 0 Å². The Morgan fingerprint density at radius 1 is 1.00 bits per heavy atom. The van der Waals surface area contributed by atoms with E-state index in [4.69, 9.17) is 26.4 Å². The van der Waals surface area contributed by atoms with Gasteiger partial charge in [-0.2, -0.15) is 4.31 Å². The quantitative estimate of drug-likeness (QED) is 0.354. The standard InChI is InChI=1S/C23H27N3O6S2/c1-6-12-26(13-7-2)34(28,29)18-10-8-17(9-11-18)24-23(33)25-22(27)16-14-19(30-3)21(32-5)20(15-16)31-4/h6-11,14-15H,1-2,12-13H2,3-5H3,(H2,24,25,27,33). The molecule has 1 amide bonds. The first-order valence-electron chi connectivity index (χ1n) is 9.96. The zero-order valence-corrected chi connectivity index (χ0v) is 20.8. The number of anilines is 1. The third-order valence-electron chi connectivity index (χ3n) is 4.57. The third kappa shape index (κ3) is 6.34. The van der Waals surface area contributed by atoms with Gasteiger partial charge < -0.3 is 19.5 Å². The zero-order valence-electron chi connectivity index (χ0n) is 19.2. The summed E-state index contributed by atoms with van der Waals surface area (Å²) < 4.78 is 42.6. The molecule has 2 aromatic carbocycles. The number of sulfonamides is 1. The van der Waals surface area contributed by atoms with Gasteiger partial charge in [0, 0.05) is 24.3 Å². The Labute approximate surface area is 205 Å². The number of carbonyl (C=O) groups excluding carboxylic acids is 1. The molecule has 0 aliphatic rings. The molecule has 0 fully saturated rings. The molecule has 2 N–H and O–H groups in total. The van der Waals surface area contributed by atoms with Gasteiger partial charge in [-0.15, -0.1) is 13.2 Å². The number of rotatable bonds is 11. The Morgan fingerprint density at radius 3 is 1.97 bits per heavy atom. The number of thiocarbonyl (C=S) groups is 1. The summed E-state index contributed by atoms with van der Waals surface area (Å²) in [5.41, 5.74) is 0.734. The number of hydrogen-bond acceptors (Lipinski definition) is 7. The predicted octanol–water partition coefficient (Wildman–Crippen LogP) is 3.20. The Hall–Kier alpha value is -3.41. The maximum atomic E-state index is 12.8. The molecule has 11 heteroatoms.